The summed E-state index contributed by atoms with van der Waals surface area (Å²) in [6.07, 6.45) is 2.07. The number of carbonyl (C=O) groups is 1. The van der Waals surface area contributed by atoms with Crippen molar-refractivity contribution in [2.45, 2.75) is 45.6 Å². The molecule has 110 valence electrons. The molecule has 1 aromatic heterocycles. The average molecular weight is 280 g/mol. The molecule has 1 aromatic rings. The molecule has 2 heterocycles. The quantitative estimate of drug-likeness (QED) is 0.887. The van der Waals surface area contributed by atoms with E-state index in [4.69, 9.17) is 4.74 Å². The van der Waals surface area contributed by atoms with Crippen LogP contribution in [0.15, 0.2) is 0 Å². The summed E-state index contributed by atoms with van der Waals surface area (Å²) in [7, 11) is 0. The van der Waals surface area contributed by atoms with Gasteiger partial charge < -0.3 is 9.84 Å². The highest BCUT2D eigenvalue weighted by Crippen LogP contribution is 2.57. The Kier molecular flexibility index (Phi) is 3.04. The Balaban J connectivity index is 1.83. The van der Waals surface area contributed by atoms with Crippen LogP contribution in [0.3, 0.4) is 0 Å². The first-order valence-corrected chi connectivity index (χ1v) is 7.02. The number of aliphatic carboxylic acids is 1. The largest absolute Gasteiger partial charge is 0.481 e. The van der Waals surface area contributed by atoms with Crippen molar-refractivity contribution >= 4 is 5.97 Å². The van der Waals surface area contributed by atoms with Gasteiger partial charge in [-0.25, -0.2) is 4.68 Å². The highest BCUT2D eigenvalue weighted by molar-refractivity contribution is 5.74. The zero-order valence-corrected chi connectivity index (χ0v) is 11.9. The molecule has 3 rings (SSSR count). The van der Waals surface area contributed by atoms with E-state index in [9.17, 15) is 9.90 Å². The molecule has 1 saturated carbocycles. The summed E-state index contributed by atoms with van der Waals surface area (Å²) < 4.78 is 6.99. The van der Waals surface area contributed by atoms with Gasteiger partial charge in [-0.3, -0.25) is 4.79 Å². The number of ether oxygens (including phenoxy) is 1. The predicted octanol–water partition coefficient (Wildman–Crippen LogP) is 1.07. The molecule has 1 unspecified atom stereocenters. The zero-order chi connectivity index (χ0) is 14.4. The Labute approximate surface area is 117 Å². The summed E-state index contributed by atoms with van der Waals surface area (Å²) in [5.74, 6) is 0.377. The van der Waals surface area contributed by atoms with Gasteiger partial charge in [0.1, 0.15) is 0 Å². The van der Waals surface area contributed by atoms with Crippen LogP contribution < -0.4 is 0 Å². The van der Waals surface area contributed by atoms with E-state index in [-0.39, 0.29) is 5.41 Å². The molecule has 1 N–H and O–H groups in total. The SMILES string of the molecule is CC1(C)CC1c1nnnn1CC1(C(=O)O)CCOCC1. The zero-order valence-electron chi connectivity index (χ0n) is 11.9. The minimum Gasteiger partial charge on any atom is -0.481 e. The standard InChI is InChI=1S/C13H20N4O3/c1-12(2)7-9(12)10-14-15-16-17(10)8-13(11(18)19)3-5-20-6-4-13/h9H,3-8H2,1-2H3,(H,18,19). The summed E-state index contributed by atoms with van der Waals surface area (Å²) in [5, 5.41) is 21.5. The van der Waals surface area contributed by atoms with Crippen LogP contribution in [0.2, 0.25) is 0 Å². The third-order valence-corrected chi connectivity index (χ3v) is 4.74. The fourth-order valence-electron chi connectivity index (χ4n) is 2.97. The lowest BCUT2D eigenvalue weighted by atomic mass is 9.80. The number of hydrogen-bond donors (Lipinski definition) is 1. The number of tetrazole rings is 1. The van der Waals surface area contributed by atoms with Crippen molar-refractivity contribution in [2.75, 3.05) is 13.2 Å². The van der Waals surface area contributed by atoms with E-state index in [1.165, 1.54) is 0 Å². The summed E-state index contributed by atoms with van der Waals surface area (Å²) >= 11 is 0. The van der Waals surface area contributed by atoms with E-state index < -0.39 is 11.4 Å². The van der Waals surface area contributed by atoms with Crippen LogP contribution in [0.25, 0.3) is 0 Å². The van der Waals surface area contributed by atoms with E-state index in [2.05, 4.69) is 29.4 Å². The maximum absolute atomic E-state index is 11.7. The molecule has 7 nitrogen and oxygen atoms in total. The Hall–Kier alpha value is -1.50. The van der Waals surface area contributed by atoms with E-state index in [0.29, 0.717) is 38.5 Å². The first kappa shape index (κ1) is 13.5. The van der Waals surface area contributed by atoms with Crippen LogP contribution in [-0.2, 0) is 16.1 Å². The summed E-state index contributed by atoms with van der Waals surface area (Å²) in [6, 6.07) is 0. The number of carboxylic acid groups (broad SMARTS) is 1. The van der Waals surface area contributed by atoms with Crippen molar-refractivity contribution in [1.82, 2.24) is 20.2 Å². The minimum absolute atomic E-state index is 0.221. The van der Waals surface area contributed by atoms with Crippen LogP contribution in [0.4, 0.5) is 0 Å². The lowest BCUT2D eigenvalue weighted by molar-refractivity contribution is -0.156. The molecule has 1 saturated heterocycles. The van der Waals surface area contributed by atoms with Crippen molar-refractivity contribution in [3.8, 4) is 0 Å². The molecule has 0 amide bonds. The monoisotopic (exact) mass is 280 g/mol. The third-order valence-electron chi connectivity index (χ3n) is 4.74. The number of rotatable bonds is 4. The summed E-state index contributed by atoms with van der Waals surface area (Å²) in [5.41, 5.74) is -0.583. The number of carboxylic acids is 1. The van der Waals surface area contributed by atoms with Gasteiger partial charge in [0.05, 0.1) is 12.0 Å². The van der Waals surface area contributed by atoms with Gasteiger partial charge in [-0.2, -0.15) is 0 Å². The van der Waals surface area contributed by atoms with Gasteiger partial charge in [0, 0.05) is 19.1 Å². The maximum atomic E-state index is 11.7. The van der Waals surface area contributed by atoms with Crippen LogP contribution >= 0.6 is 0 Å². The number of nitrogens with zero attached hydrogens (tertiary/aromatic N) is 4. The van der Waals surface area contributed by atoms with Gasteiger partial charge >= 0.3 is 5.97 Å². The van der Waals surface area contributed by atoms with Crippen molar-refractivity contribution < 1.29 is 14.6 Å². The molecular formula is C13H20N4O3. The van der Waals surface area contributed by atoms with Gasteiger partial charge in [0.15, 0.2) is 5.82 Å². The molecule has 20 heavy (non-hydrogen) atoms. The second-order valence-electron chi connectivity index (χ2n) is 6.64. The van der Waals surface area contributed by atoms with Crippen molar-refractivity contribution in [2.24, 2.45) is 10.8 Å². The molecule has 2 fully saturated rings. The number of aromatic nitrogens is 4. The van der Waals surface area contributed by atoms with Crippen molar-refractivity contribution in [1.29, 1.82) is 0 Å². The first-order chi connectivity index (χ1) is 9.45. The molecule has 0 spiro atoms. The lowest BCUT2D eigenvalue weighted by Crippen LogP contribution is -2.41. The molecule has 0 bridgehead atoms. The molecule has 1 aliphatic heterocycles. The predicted molar refractivity (Wildman–Crippen MR) is 69.1 cm³/mol. The molecule has 0 radical (unpaired) electrons. The topological polar surface area (TPSA) is 90.1 Å². The van der Waals surface area contributed by atoms with Gasteiger partial charge in [0.25, 0.3) is 0 Å². The second kappa shape index (κ2) is 4.51. The molecule has 1 aliphatic carbocycles. The van der Waals surface area contributed by atoms with Gasteiger partial charge in [-0.1, -0.05) is 13.8 Å². The van der Waals surface area contributed by atoms with Crippen LogP contribution in [0.5, 0.6) is 0 Å². The Morgan fingerprint density at radius 1 is 1.45 bits per heavy atom. The van der Waals surface area contributed by atoms with Crippen molar-refractivity contribution in [3.05, 3.63) is 5.82 Å². The van der Waals surface area contributed by atoms with Gasteiger partial charge in [-0.15, -0.1) is 5.10 Å². The van der Waals surface area contributed by atoms with E-state index >= 15 is 0 Å². The Bertz CT molecular complexity index is 519. The Morgan fingerprint density at radius 3 is 2.65 bits per heavy atom. The molecular weight excluding hydrogens is 260 g/mol. The minimum atomic E-state index is -0.804. The van der Waals surface area contributed by atoms with Crippen LogP contribution in [-0.4, -0.2) is 44.5 Å². The average Bonchev–Trinajstić information content (AvgIpc) is 2.83. The second-order valence-corrected chi connectivity index (χ2v) is 6.64. The van der Waals surface area contributed by atoms with Crippen molar-refractivity contribution in [3.63, 3.8) is 0 Å². The van der Waals surface area contributed by atoms with E-state index in [1.807, 2.05) is 0 Å². The van der Waals surface area contributed by atoms with Gasteiger partial charge in [0.2, 0.25) is 0 Å². The summed E-state index contributed by atoms with van der Waals surface area (Å²) in [4.78, 5) is 11.7. The normalized spacial score (nSPS) is 27.2. The molecule has 2 aliphatic rings. The molecule has 0 aromatic carbocycles. The van der Waals surface area contributed by atoms with Crippen LogP contribution in [0.1, 0.15) is 44.9 Å². The maximum Gasteiger partial charge on any atom is 0.311 e. The summed E-state index contributed by atoms with van der Waals surface area (Å²) in [6.45, 7) is 5.66. The molecule has 1 atom stereocenters. The molecule has 7 heteroatoms. The fourth-order valence-corrected chi connectivity index (χ4v) is 2.97. The Morgan fingerprint density at radius 2 is 2.10 bits per heavy atom. The first-order valence-electron chi connectivity index (χ1n) is 7.02. The smallest absolute Gasteiger partial charge is 0.311 e. The van der Waals surface area contributed by atoms with Gasteiger partial charge in [-0.05, 0) is 35.1 Å². The van der Waals surface area contributed by atoms with E-state index in [0.717, 1.165) is 12.2 Å². The third kappa shape index (κ3) is 2.19. The lowest BCUT2D eigenvalue weighted by Gasteiger charge is -2.32. The number of hydrogen-bond acceptors (Lipinski definition) is 5. The highest BCUT2D eigenvalue weighted by atomic mass is 16.5. The fraction of sp³-hybridized carbons (Fsp3) is 0.846. The van der Waals surface area contributed by atoms with E-state index in [1.54, 1.807) is 4.68 Å². The highest BCUT2D eigenvalue weighted by Gasteiger charge is 2.51. The van der Waals surface area contributed by atoms with Crippen LogP contribution in [0, 0.1) is 10.8 Å².